The monoisotopic (exact) mass is 256 g/mol. The lowest BCUT2D eigenvalue weighted by atomic mass is 9.83. The van der Waals surface area contributed by atoms with Crippen LogP contribution in [-0.2, 0) is 0 Å². The van der Waals surface area contributed by atoms with Gasteiger partial charge in [0.2, 0.25) is 0 Å². The molecule has 0 radical (unpaired) electrons. The minimum absolute atomic E-state index is 0.00356. The van der Waals surface area contributed by atoms with Crippen LogP contribution in [0.5, 0.6) is 0 Å². The van der Waals surface area contributed by atoms with Crippen LogP contribution in [0.25, 0.3) is 0 Å². The van der Waals surface area contributed by atoms with E-state index in [1.807, 2.05) is 13.8 Å². The molecule has 1 fully saturated rings. The lowest BCUT2D eigenvalue weighted by molar-refractivity contribution is 0.195. The number of hydrogen-bond donors (Lipinski definition) is 3. The highest BCUT2D eigenvalue weighted by Gasteiger charge is 2.32. The first-order valence-corrected chi connectivity index (χ1v) is 7.18. The van der Waals surface area contributed by atoms with Crippen molar-refractivity contribution in [2.45, 2.75) is 58.9 Å². The number of rotatable bonds is 6. The molecule has 106 valence electrons. The van der Waals surface area contributed by atoms with Crippen molar-refractivity contribution in [3.8, 4) is 0 Å². The average Bonchev–Trinajstić information content (AvgIpc) is 2.84. The van der Waals surface area contributed by atoms with Gasteiger partial charge >= 0.3 is 6.03 Å². The normalized spacial score (nSPS) is 21.3. The molecule has 2 amide bonds. The highest BCUT2D eigenvalue weighted by Crippen LogP contribution is 2.40. The molecule has 0 aromatic rings. The number of carbonyl (C=O) groups is 1. The van der Waals surface area contributed by atoms with Gasteiger partial charge in [-0.05, 0) is 37.5 Å². The van der Waals surface area contributed by atoms with Crippen LogP contribution < -0.4 is 10.6 Å². The van der Waals surface area contributed by atoms with Gasteiger partial charge in [-0.1, -0.05) is 26.7 Å². The van der Waals surface area contributed by atoms with Crippen molar-refractivity contribution in [2.24, 2.45) is 11.3 Å². The van der Waals surface area contributed by atoms with Crippen LogP contribution in [0.2, 0.25) is 0 Å². The third-order valence-corrected chi connectivity index (χ3v) is 4.54. The van der Waals surface area contributed by atoms with Gasteiger partial charge in [0.15, 0.2) is 0 Å². The molecule has 0 spiro atoms. The number of hydrogen-bond acceptors (Lipinski definition) is 2. The van der Waals surface area contributed by atoms with Crippen LogP contribution in [0.15, 0.2) is 0 Å². The summed E-state index contributed by atoms with van der Waals surface area (Å²) < 4.78 is 0. The van der Waals surface area contributed by atoms with E-state index in [1.54, 1.807) is 0 Å². The van der Waals surface area contributed by atoms with Crippen LogP contribution in [0, 0.1) is 11.3 Å². The van der Waals surface area contributed by atoms with Crippen LogP contribution >= 0.6 is 0 Å². The van der Waals surface area contributed by atoms with E-state index in [4.69, 9.17) is 5.11 Å². The van der Waals surface area contributed by atoms with Crippen molar-refractivity contribution < 1.29 is 9.90 Å². The highest BCUT2D eigenvalue weighted by molar-refractivity contribution is 5.74. The van der Waals surface area contributed by atoms with E-state index in [2.05, 4.69) is 17.6 Å². The van der Waals surface area contributed by atoms with Gasteiger partial charge in [0, 0.05) is 19.2 Å². The first kappa shape index (κ1) is 15.3. The molecule has 0 aliphatic heterocycles. The number of nitrogens with one attached hydrogen (secondary N) is 2. The molecule has 0 aromatic heterocycles. The van der Waals surface area contributed by atoms with Crippen LogP contribution in [0.3, 0.4) is 0 Å². The molecular formula is C14H28N2O2. The van der Waals surface area contributed by atoms with Crippen molar-refractivity contribution >= 4 is 6.03 Å². The van der Waals surface area contributed by atoms with E-state index >= 15 is 0 Å². The maximum Gasteiger partial charge on any atom is 0.315 e. The lowest BCUT2D eigenvalue weighted by Crippen LogP contribution is -2.47. The van der Waals surface area contributed by atoms with E-state index in [1.165, 1.54) is 25.7 Å². The van der Waals surface area contributed by atoms with E-state index in [9.17, 15) is 4.79 Å². The SMILES string of the molecule is CCC1(CNC(=O)NC(C)C(C)CO)CCCC1. The quantitative estimate of drug-likeness (QED) is 0.682. The van der Waals surface area contributed by atoms with Crippen molar-refractivity contribution in [3.63, 3.8) is 0 Å². The number of aliphatic hydroxyl groups is 1. The first-order valence-electron chi connectivity index (χ1n) is 7.18. The minimum atomic E-state index is -0.109. The second-order valence-corrected chi connectivity index (χ2v) is 5.84. The summed E-state index contributed by atoms with van der Waals surface area (Å²) in [6, 6.07) is -0.112. The van der Waals surface area contributed by atoms with Crippen LogP contribution in [0.1, 0.15) is 52.9 Å². The molecule has 3 N–H and O–H groups in total. The smallest absolute Gasteiger partial charge is 0.315 e. The van der Waals surface area contributed by atoms with E-state index in [0.717, 1.165) is 13.0 Å². The van der Waals surface area contributed by atoms with Crippen molar-refractivity contribution in [1.82, 2.24) is 10.6 Å². The average molecular weight is 256 g/mol. The maximum absolute atomic E-state index is 11.8. The Morgan fingerprint density at radius 3 is 2.44 bits per heavy atom. The molecule has 2 atom stereocenters. The van der Waals surface area contributed by atoms with Gasteiger partial charge < -0.3 is 15.7 Å². The first-order chi connectivity index (χ1) is 8.53. The Morgan fingerprint density at radius 2 is 1.94 bits per heavy atom. The summed E-state index contributed by atoms with van der Waals surface area (Å²) in [6.45, 7) is 6.93. The zero-order valence-electron chi connectivity index (χ0n) is 12.0. The van der Waals surface area contributed by atoms with Gasteiger partial charge in [-0.15, -0.1) is 0 Å². The molecular weight excluding hydrogens is 228 g/mol. The Labute approximate surface area is 111 Å². The predicted octanol–water partition coefficient (Wildman–Crippen LogP) is 2.27. The summed E-state index contributed by atoms with van der Waals surface area (Å²) in [5, 5.41) is 14.9. The molecule has 1 saturated carbocycles. The third-order valence-electron chi connectivity index (χ3n) is 4.54. The van der Waals surface area contributed by atoms with E-state index < -0.39 is 0 Å². The lowest BCUT2D eigenvalue weighted by Gasteiger charge is -2.28. The molecule has 4 nitrogen and oxygen atoms in total. The predicted molar refractivity (Wildman–Crippen MR) is 73.4 cm³/mol. The molecule has 0 aromatic carbocycles. The zero-order valence-corrected chi connectivity index (χ0v) is 12.0. The van der Waals surface area contributed by atoms with Gasteiger partial charge in [0.1, 0.15) is 0 Å². The molecule has 1 aliphatic carbocycles. The molecule has 18 heavy (non-hydrogen) atoms. The second-order valence-electron chi connectivity index (χ2n) is 5.84. The summed E-state index contributed by atoms with van der Waals surface area (Å²) >= 11 is 0. The van der Waals surface area contributed by atoms with E-state index in [0.29, 0.717) is 5.41 Å². The molecule has 1 aliphatic rings. The maximum atomic E-state index is 11.8. The molecule has 0 saturated heterocycles. The van der Waals surface area contributed by atoms with Gasteiger partial charge in [0.25, 0.3) is 0 Å². The Morgan fingerprint density at radius 1 is 1.33 bits per heavy atom. The summed E-state index contributed by atoms with van der Waals surface area (Å²) in [7, 11) is 0. The Bertz CT molecular complexity index is 263. The van der Waals surface area contributed by atoms with Crippen molar-refractivity contribution in [1.29, 1.82) is 0 Å². The number of carbonyl (C=O) groups excluding carboxylic acids is 1. The molecule has 4 heteroatoms. The van der Waals surface area contributed by atoms with Crippen LogP contribution in [-0.4, -0.2) is 30.3 Å². The number of aliphatic hydroxyl groups excluding tert-OH is 1. The fourth-order valence-electron chi connectivity index (χ4n) is 2.61. The fraction of sp³-hybridized carbons (Fsp3) is 0.929. The summed E-state index contributed by atoms with van der Waals surface area (Å²) in [5.41, 5.74) is 0.323. The third kappa shape index (κ3) is 4.16. The molecule has 1 rings (SSSR count). The van der Waals surface area contributed by atoms with Gasteiger partial charge in [-0.25, -0.2) is 4.79 Å². The summed E-state index contributed by atoms with van der Waals surface area (Å²) in [5.74, 6) is 0.0855. The van der Waals surface area contributed by atoms with Gasteiger partial charge in [0.05, 0.1) is 0 Å². The topological polar surface area (TPSA) is 61.4 Å². The second kappa shape index (κ2) is 6.98. The minimum Gasteiger partial charge on any atom is -0.396 e. The molecule has 2 unspecified atom stereocenters. The summed E-state index contributed by atoms with van der Waals surface area (Å²) in [6.07, 6.45) is 6.17. The fourth-order valence-corrected chi connectivity index (χ4v) is 2.61. The van der Waals surface area contributed by atoms with Gasteiger partial charge in [-0.3, -0.25) is 0 Å². The Kier molecular flexibility index (Phi) is 5.93. The number of urea groups is 1. The van der Waals surface area contributed by atoms with Crippen molar-refractivity contribution in [2.75, 3.05) is 13.2 Å². The molecule has 0 heterocycles. The largest absolute Gasteiger partial charge is 0.396 e. The highest BCUT2D eigenvalue weighted by atomic mass is 16.3. The summed E-state index contributed by atoms with van der Waals surface area (Å²) in [4.78, 5) is 11.8. The Balaban J connectivity index is 2.32. The standard InChI is InChI=1S/C14H28N2O2/c1-4-14(7-5-6-8-14)10-15-13(18)16-12(3)11(2)9-17/h11-12,17H,4-10H2,1-3H3,(H2,15,16,18). The van der Waals surface area contributed by atoms with E-state index in [-0.39, 0.29) is 24.6 Å². The number of amides is 2. The molecule has 0 bridgehead atoms. The zero-order chi connectivity index (χ0) is 13.6. The Hall–Kier alpha value is -0.770. The van der Waals surface area contributed by atoms with Gasteiger partial charge in [-0.2, -0.15) is 0 Å². The van der Waals surface area contributed by atoms with Crippen molar-refractivity contribution in [3.05, 3.63) is 0 Å². The van der Waals surface area contributed by atoms with Crippen LogP contribution in [0.4, 0.5) is 4.79 Å².